The fourth-order valence-electron chi connectivity index (χ4n) is 2.04. The first-order valence-electron chi connectivity index (χ1n) is 7.35. The highest BCUT2D eigenvalue weighted by Crippen LogP contribution is 2.17. The first-order chi connectivity index (χ1) is 10.7. The number of pyridine rings is 1. The van der Waals surface area contributed by atoms with E-state index < -0.39 is 0 Å². The van der Waals surface area contributed by atoms with Crippen molar-refractivity contribution in [2.75, 3.05) is 6.61 Å². The summed E-state index contributed by atoms with van der Waals surface area (Å²) in [6, 6.07) is 11.2. The predicted octanol–water partition coefficient (Wildman–Crippen LogP) is 3.04. The Morgan fingerprint density at radius 3 is 2.68 bits per heavy atom. The molecule has 0 saturated heterocycles. The van der Waals surface area contributed by atoms with E-state index in [0.717, 1.165) is 16.9 Å². The molecule has 1 aromatic heterocycles. The molecule has 1 atom stereocenters. The zero-order valence-electron chi connectivity index (χ0n) is 12.9. The summed E-state index contributed by atoms with van der Waals surface area (Å²) in [7, 11) is 0. The van der Waals surface area contributed by atoms with Crippen LogP contribution in [0.15, 0.2) is 48.8 Å². The summed E-state index contributed by atoms with van der Waals surface area (Å²) in [6.07, 6.45) is 3.44. The second-order valence-electron chi connectivity index (χ2n) is 4.91. The van der Waals surface area contributed by atoms with Crippen LogP contribution in [0.2, 0.25) is 0 Å². The van der Waals surface area contributed by atoms with Crippen LogP contribution in [-0.2, 0) is 6.54 Å². The molecule has 0 bridgehead atoms. The Morgan fingerprint density at radius 1 is 1.27 bits per heavy atom. The number of aromatic nitrogens is 1. The van der Waals surface area contributed by atoms with Gasteiger partial charge in [0, 0.05) is 18.9 Å². The quantitative estimate of drug-likeness (QED) is 0.861. The zero-order valence-corrected chi connectivity index (χ0v) is 12.9. The van der Waals surface area contributed by atoms with Crippen molar-refractivity contribution in [1.82, 2.24) is 15.6 Å². The minimum Gasteiger partial charge on any atom is -0.494 e. The molecule has 0 saturated carbocycles. The molecule has 0 aliphatic heterocycles. The van der Waals surface area contributed by atoms with Gasteiger partial charge in [-0.25, -0.2) is 4.79 Å². The fourth-order valence-corrected chi connectivity index (χ4v) is 2.04. The van der Waals surface area contributed by atoms with E-state index in [4.69, 9.17) is 4.74 Å². The van der Waals surface area contributed by atoms with Crippen molar-refractivity contribution in [1.29, 1.82) is 0 Å². The smallest absolute Gasteiger partial charge is 0.315 e. The average Bonchev–Trinajstić information content (AvgIpc) is 2.55. The Morgan fingerprint density at radius 2 is 2.05 bits per heavy atom. The van der Waals surface area contributed by atoms with Gasteiger partial charge in [0.05, 0.1) is 12.6 Å². The molecule has 1 heterocycles. The molecule has 0 radical (unpaired) electrons. The number of hydrogen-bond acceptors (Lipinski definition) is 3. The normalized spacial score (nSPS) is 11.5. The number of benzene rings is 1. The number of rotatable bonds is 6. The van der Waals surface area contributed by atoms with E-state index in [1.54, 1.807) is 12.4 Å². The van der Waals surface area contributed by atoms with Crippen LogP contribution < -0.4 is 15.4 Å². The molecule has 1 unspecified atom stereocenters. The third-order valence-electron chi connectivity index (χ3n) is 3.21. The summed E-state index contributed by atoms with van der Waals surface area (Å²) in [5, 5.41) is 5.72. The van der Waals surface area contributed by atoms with Gasteiger partial charge in [-0.15, -0.1) is 0 Å². The van der Waals surface area contributed by atoms with Gasteiger partial charge in [0.1, 0.15) is 5.75 Å². The number of ether oxygens (including phenoxy) is 1. The standard InChI is InChI=1S/C17H21N3O2/c1-3-22-16-8-6-15(7-9-16)13(2)20-17(21)19-12-14-5-4-10-18-11-14/h4-11,13H,3,12H2,1-2H3,(H2,19,20,21). The van der Waals surface area contributed by atoms with Gasteiger partial charge < -0.3 is 15.4 Å². The second kappa shape index (κ2) is 8.02. The van der Waals surface area contributed by atoms with Crippen LogP contribution in [0.5, 0.6) is 5.75 Å². The molecule has 0 aliphatic carbocycles. The van der Waals surface area contributed by atoms with Gasteiger partial charge >= 0.3 is 6.03 Å². The molecule has 5 nitrogen and oxygen atoms in total. The lowest BCUT2D eigenvalue weighted by atomic mass is 10.1. The van der Waals surface area contributed by atoms with E-state index in [1.165, 1.54) is 0 Å². The Labute approximate surface area is 130 Å². The van der Waals surface area contributed by atoms with E-state index >= 15 is 0 Å². The van der Waals surface area contributed by atoms with Crippen molar-refractivity contribution < 1.29 is 9.53 Å². The lowest BCUT2D eigenvalue weighted by molar-refractivity contribution is 0.237. The third-order valence-corrected chi connectivity index (χ3v) is 3.21. The maximum Gasteiger partial charge on any atom is 0.315 e. The lowest BCUT2D eigenvalue weighted by Gasteiger charge is -2.15. The number of nitrogens with zero attached hydrogens (tertiary/aromatic N) is 1. The number of urea groups is 1. The molecule has 2 aromatic rings. The predicted molar refractivity (Wildman–Crippen MR) is 85.6 cm³/mol. The van der Waals surface area contributed by atoms with Gasteiger partial charge in [0.2, 0.25) is 0 Å². The highest BCUT2D eigenvalue weighted by Gasteiger charge is 2.09. The Hall–Kier alpha value is -2.56. The van der Waals surface area contributed by atoms with E-state index in [-0.39, 0.29) is 12.1 Å². The van der Waals surface area contributed by atoms with Crippen LogP contribution in [-0.4, -0.2) is 17.6 Å². The number of amides is 2. The van der Waals surface area contributed by atoms with Crippen molar-refractivity contribution >= 4 is 6.03 Å². The summed E-state index contributed by atoms with van der Waals surface area (Å²) in [5.74, 6) is 0.833. The van der Waals surface area contributed by atoms with Gasteiger partial charge in [-0.2, -0.15) is 0 Å². The van der Waals surface area contributed by atoms with Gasteiger partial charge in [0.15, 0.2) is 0 Å². The van der Waals surface area contributed by atoms with E-state index in [1.807, 2.05) is 50.2 Å². The van der Waals surface area contributed by atoms with Gasteiger partial charge in [-0.1, -0.05) is 18.2 Å². The molecule has 0 aliphatic rings. The fraction of sp³-hybridized carbons (Fsp3) is 0.294. The van der Waals surface area contributed by atoms with Crippen LogP contribution >= 0.6 is 0 Å². The molecule has 1 aromatic carbocycles. The van der Waals surface area contributed by atoms with E-state index in [0.29, 0.717) is 13.2 Å². The van der Waals surface area contributed by atoms with Crippen LogP contribution in [0, 0.1) is 0 Å². The Bertz CT molecular complexity index is 585. The summed E-state index contributed by atoms with van der Waals surface area (Å²) in [5.41, 5.74) is 1.99. The van der Waals surface area contributed by atoms with Crippen molar-refractivity contribution in [3.05, 3.63) is 59.9 Å². The molecule has 116 valence electrons. The molecule has 2 N–H and O–H groups in total. The molecule has 22 heavy (non-hydrogen) atoms. The first-order valence-corrected chi connectivity index (χ1v) is 7.35. The van der Waals surface area contributed by atoms with Gasteiger partial charge in [-0.05, 0) is 43.2 Å². The van der Waals surface area contributed by atoms with Crippen LogP contribution in [0.1, 0.15) is 31.0 Å². The second-order valence-corrected chi connectivity index (χ2v) is 4.91. The molecule has 2 amide bonds. The lowest BCUT2D eigenvalue weighted by Crippen LogP contribution is -2.36. The topological polar surface area (TPSA) is 63.2 Å². The monoisotopic (exact) mass is 299 g/mol. The zero-order chi connectivity index (χ0) is 15.8. The van der Waals surface area contributed by atoms with Crippen LogP contribution in [0.25, 0.3) is 0 Å². The maximum atomic E-state index is 11.9. The van der Waals surface area contributed by atoms with Crippen molar-refractivity contribution in [3.8, 4) is 5.75 Å². The SMILES string of the molecule is CCOc1ccc(C(C)NC(=O)NCc2cccnc2)cc1. The minimum atomic E-state index is -0.203. The number of hydrogen-bond donors (Lipinski definition) is 2. The number of nitrogens with one attached hydrogen (secondary N) is 2. The minimum absolute atomic E-state index is 0.0791. The first kappa shape index (κ1) is 15.8. The highest BCUT2D eigenvalue weighted by molar-refractivity contribution is 5.74. The molecule has 5 heteroatoms. The van der Waals surface area contributed by atoms with Crippen molar-refractivity contribution in [2.45, 2.75) is 26.4 Å². The summed E-state index contributed by atoms with van der Waals surface area (Å²) in [6.45, 7) is 4.99. The maximum absolute atomic E-state index is 11.9. The van der Waals surface area contributed by atoms with E-state index in [2.05, 4.69) is 15.6 Å². The molecule has 2 rings (SSSR count). The van der Waals surface area contributed by atoms with Crippen molar-refractivity contribution in [2.24, 2.45) is 0 Å². The average molecular weight is 299 g/mol. The Kier molecular flexibility index (Phi) is 5.77. The largest absolute Gasteiger partial charge is 0.494 e. The van der Waals surface area contributed by atoms with Crippen molar-refractivity contribution in [3.63, 3.8) is 0 Å². The van der Waals surface area contributed by atoms with Gasteiger partial charge in [-0.3, -0.25) is 4.98 Å². The molecule has 0 fully saturated rings. The number of carbonyl (C=O) groups excluding carboxylic acids is 1. The summed E-state index contributed by atoms with van der Waals surface area (Å²) < 4.78 is 5.40. The third kappa shape index (κ3) is 4.77. The summed E-state index contributed by atoms with van der Waals surface area (Å²) >= 11 is 0. The van der Waals surface area contributed by atoms with Gasteiger partial charge in [0.25, 0.3) is 0 Å². The van der Waals surface area contributed by atoms with E-state index in [9.17, 15) is 4.79 Å². The molecular formula is C17H21N3O2. The Balaban J connectivity index is 1.82. The molecular weight excluding hydrogens is 278 g/mol. The van der Waals surface area contributed by atoms with Crippen LogP contribution in [0.3, 0.4) is 0 Å². The number of carbonyl (C=O) groups is 1. The summed E-state index contributed by atoms with van der Waals surface area (Å²) in [4.78, 5) is 15.9. The molecule has 0 spiro atoms. The highest BCUT2D eigenvalue weighted by atomic mass is 16.5. The van der Waals surface area contributed by atoms with Crippen LogP contribution in [0.4, 0.5) is 4.79 Å².